The molecule has 0 aliphatic rings. The SMILES string of the molecule is CC(C)(C)c1ccc(C#CCO)cc1.CC/C=C\COCC#Cc1ccc(C(C)(C)C)cc1. The van der Waals surface area contributed by atoms with E-state index in [9.17, 15) is 0 Å². The second kappa shape index (κ2) is 14.4. The van der Waals surface area contributed by atoms with Crippen LogP contribution in [0.5, 0.6) is 0 Å². The maximum Gasteiger partial charge on any atom is 0.108 e. The normalized spacial score (nSPS) is 11.0. The van der Waals surface area contributed by atoms with E-state index in [4.69, 9.17) is 9.84 Å². The van der Waals surface area contributed by atoms with Crippen LogP contribution in [0, 0.1) is 23.7 Å². The molecule has 0 saturated carbocycles. The minimum Gasteiger partial charge on any atom is -0.384 e. The van der Waals surface area contributed by atoms with Crippen molar-refractivity contribution in [3.63, 3.8) is 0 Å². The van der Waals surface area contributed by atoms with Crippen molar-refractivity contribution in [2.75, 3.05) is 19.8 Å². The van der Waals surface area contributed by atoms with Crippen LogP contribution in [-0.2, 0) is 15.6 Å². The number of aliphatic hydroxyl groups is 1. The summed E-state index contributed by atoms with van der Waals surface area (Å²) in [4.78, 5) is 0. The van der Waals surface area contributed by atoms with Gasteiger partial charge in [-0.2, -0.15) is 0 Å². The molecule has 0 radical (unpaired) electrons. The van der Waals surface area contributed by atoms with Gasteiger partial charge in [0.1, 0.15) is 13.2 Å². The minimum atomic E-state index is -0.0823. The van der Waals surface area contributed by atoms with E-state index in [0.29, 0.717) is 13.2 Å². The molecule has 0 amide bonds. The molecule has 2 nitrogen and oxygen atoms in total. The van der Waals surface area contributed by atoms with Gasteiger partial charge in [0.15, 0.2) is 0 Å². The predicted octanol–water partition coefficient (Wildman–Crippen LogP) is 6.65. The molecule has 2 aromatic carbocycles. The third-order valence-electron chi connectivity index (χ3n) is 4.84. The summed E-state index contributed by atoms with van der Waals surface area (Å²) >= 11 is 0. The van der Waals surface area contributed by atoms with E-state index in [-0.39, 0.29) is 17.4 Å². The second-order valence-corrected chi connectivity index (χ2v) is 9.81. The summed E-state index contributed by atoms with van der Waals surface area (Å²) in [6.45, 7) is 16.3. The van der Waals surface area contributed by atoms with Crippen molar-refractivity contribution in [1.82, 2.24) is 0 Å². The lowest BCUT2D eigenvalue weighted by atomic mass is 9.87. The van der Waals surface area contributed by atoms with Crippen molar-refractivity contribution >= 4 is 0 Å². The Kier molecular flexibility index (Phi) is 12.3. The summed E-state index contributed by atoms with van der Waals surface area (Å²) < 4.78 is 5.38. The van der Waals surface area contributed by atoms with E-state index < -0.39 is 0 Å². The first-order valence-electron chi connectivity index (χ1n) is 11.6. The molecule has 0 unspecified atom stereocenters. The van der Waals surface area contributed by atoms with Crippen molar-refractivity contribution in [3.05, 3.63) is 82.9 Å². The molecular weight excluding hydrogens is 404 g/mol. The highest BCUT2D eigenvalue weighted by Gasteiger charge is 2.13. The molecule has 176 valence electrons. The summed E-state index contributed by atoms with van der Waals surface area (Å²) in [6, 6.07) is 16.6. The molecule has 0 aliphatic heterocycles. The highest BCUT2D eigenvalue weighted by molar-refractivity contribution is 5.38. The second-order valence-electron chi connectivity index (χ2n) is 9.81. The topological polar surface area (TPSA) is 29.5 Å². The standard InChI is InChI=1S/C18H24O.C13H16O/c1-5-6-7-14-19-15-8-9-16-10-12-17(13-11-16)18(2,3)4;1-13(2,3)12-8-6-11(7-9-12)5-4-10-14/h6-7,10-13H,5,14-15H2,1-4H3;6-9,14H,10H2,1-3H3/b7-6-;. The predicted molar refractivity (Wildman–Crippen MR) is 141 cm³/mol. The Morgan fingerprint density at radius 1 is 0.727 bits per heavy atom. The van der Waals surface area contributed by atoms with Crippen LogP contribution in [0.4, 0.5) is 0 Å². The van der Waals surface area contributed by atoms with Crippen molar-refractivity contribution in [1.29, 1.82) is 0 Å². The number of aliphatic hydroxyl groups excluding tert-OH is 1. The zero-order chi connectivity index (χ0) is 24.7. The third kappa shape index (κ3) is 12.1. The van der Waals surface area contributed by atoms with Gasteiger partial charge in [-0.15, -0.1) is 0 Å². The molecule has 0 saturated heterocycles. The lowest BCUT2D eigenvalue weighted by Gasteiger charge is -2.18. The van der Waals surface area contributed by atoms with Crippen molar-refractivity contribution in [3.8, 4) is 23.7 Å². The monoisotopic (exact) mass is 444 g/mol. The van der Waals surface area contributed by atoms with Crippen LogP contribution in [-0.4, -0.2) is 24.9 Å². The van der Waals surface area contributed by atoms with E-state index in [0.717, 1.165) is 17.5 Å². The molecule has 0 atom stereocenters. The Morgan fingerprint density at radius 2 is 1.18 bits per heavy atom. The van der Waals surface area contributed by atoms with Gasteiger partial charge in [0.25, 0.3) is 0 Å². The average Bonchev–Trinajstić information content (AvgIpc) is 2.77. The molecule has 2 heteroatoms. The molecule has 0 spiro atoms. The molecule has 0 aliphatic carbocycles. The zero-order valence-electron chi connectivity index (χ0n) is 21.5. The van der Waals surface area contributed by atoms with E-state index in [1.165, 1.54) is 11.1 Å². The maximum absolute atomic E-state index is 8.54. The van der Waals surface area contributed by atoms with Gasteiger partial charge in [-0.3, -0.25) is 0 Å². The van der Waals surface area contributed by atoms with Gasteiger partial charge >= 0.3 is 0 Å². The molecule has 33 heavy (non-hydrogen) atoms. The van der Waals surface area contributed by atoms with Gasteiger partial charge in [-0.25, -0.2) is 0 Å². The van der Waals surface area contributed by atoms with Crippen LogP contribution < -0.4 is 0 Å². The van der Waals surface area contributed by atoms with Gasteiger partial charge in [0.2, 0.25) is 0 Å². The number of hydrogen-bond acceptors (Lipinski definition) is 2. The lowest BCUT2D eigenvalue weighted by Crippen LogP contribution is -2.10. The quantitative estimate of drug-likeness (QED) is 0.325. The molecule has 0 fully saturated rings. The van der Waals surface area contributed by atoms with Crippen molar-refractivity contribution < 1.29 is 9.84 Å². The fourth-order valence-electron chi connectivity index (χ4n) is 2.80. The van der Waals surface area contributed by atoms with E-state index >= 15 is 0 Å². The summed E-state index contributed by atoms with van der Waals surface area (Å²) in [7, 11) is 0. The maximum atomic E-state index is 8.54. The highest BCUT2D eigenvalue weighted by Crippen LogP contribution is 2.22. The summed E-state index contributed by atoms with van der Waals surface area (Å²) in [6.07, 6.45) is 5.17. The Hall–Kier alpha value is -2.78. The number of rotatable bonds is 4. The smallest absolute Gasteiger partial charge is 0.108 e. The van der Waals surface area contributed by atoms with Gasteiger partial charge in [0, 0.05) is 11.1 Å². The first-order chi connectivity index (χ1) is 15.6. The molecular formula is C31H40O2. The van der Waals surface area contributed by atoms with Gasteiger partial charge in [-0.1, -0.05) is 109 Å². The first-order valence-corrected chi connectivity index (χ1v) is 11.6. The molecule has 2 rings (SSSR count). The van der Waals surface area contributed by atoms with Gasteiger partial charge in [-0.05, 0) is 52.6 Å². The minimum absolute atomic E-state index is 0.0823. The average molecular weight is 445 g/mol. The number of ether oxygens (including phenoxy) is 1. The fraction of sp³-hybridized carbons (Fsp3) is 0.419. The molecule has 1 N–H and O–H groups in total. The van der Waals surface area contributed by atoms with Crippen molar-refractivity contribution in [2.45, 2.75) is 65.7 Å². The highest BCUT2D eigenvalue weighted by atomic mass is 16.5. The Balaban J connectivity index is 0.000000346. The van der Waals surface area contributed by atoms with Crippen LogP contribution in [0.2, 0.25) is 0 Å². The number of benzene rings is 2. The van der Waals surface area contributed by atoms with E-state index in [1.54, 1.807) is 0 Å². The fourth-order valence-corrected chi connectivity index (χ4v) is 2.80. The molecule has 0 heterocycles. The summed E-state index contributed by atoms with van der Waals surface area (Å²) in [5, 5.41) is 8.54. The third-order valence-corrected chi connectivity index (χ3v) is 4.84. The number of allylic oxidation sites excluding steroid dienone is 1. The van der Waals surface area contributed by atoms with Gasteiger partial charge < -0.3 is 9.84 Å². The van der Waals surface area contributed by atoms with Crippen LogP contribution in [0.1, 0.15) is 77.1 Å². The van der Waals surface area contributed by atoms with Crippen LogP contribution in [0.25, 0.3) is 0 Å². The van der Waals surface area contributed by atoms with Crippen LogP contribution in [0.15, 0.2) is 60.7 Å². The lowest BCUT2D eigenvalue weighted by molar-refractivity contribution is 0.199. The Bertz CT molecular complexity index is 959. The molecule has 2 aromatic rings. The van der Waals surface area contributed by atoms with E-state index in [1.807, 2.05) is 18.2 Å². The van der Waals surface area contributed by atoms with Crippen LogP contribution in [0.3, 0.4) is 0 Å². The Morgan fingerprint density at radius 3 is 1.58 bits per heavy atom. The van der Waals surface area contributed by atoms with Gasteiger partial charge in [0.05, 0.1) is 6.61 Å². The summed E-state index contributed by atoms with van der Waals surface area (Å²) in [5.74, 6) is 11.6. The molecule has 0 bridgehead atoms. The largest absolute Gasteiger partial charge is 0.384 e. The first kappa shape index (κ1) is 28.3. The number of hydrogen-bond donors (Lipinski definition) is 1. The summed E-state index contributed by atoms with van der Waals surface area (Å²) in [5.41, 5.74) is 5.00. The van der Waals surface area contributed by atoms with E-state index in [2.05, 4.69) is 115 Å². The Labute approximate surface area is 202 Å². The molecule has 0 aromatic heterocycles. The van der Waals surface area contributed by atoms with Crippen LogP contribution >= 0.6 is 0 Å². The zero-order valence-corrected chi connectivity index (χ0v) is 21.5. The van der Waals surface area contributed by atoms with Crippen molar-refractivity contribution in [2.24, 2.45) is 0 Å².